The standard InChI is InChI=1S/C27H39N3O5S/c1-7-9-16-28-27(32)24(8-2)29(18-22-13-11-14-23(17-22)35-5)26(31)19-30(36(6,33)34)25-15-10-12-20(3)21(25)4/h10-15,17,24H,7-9,16,18-19H2,1-6H3,(H,28,32). The number of carbonyl (C=O) groups is 2. The second kappa shape index (κ2) is 13.3. The van der Waals surface area contributed by atoms with Crippen molar-refractivity contribution in [1.29, 1.82) is 0 Å². The lowest BCUT2D eigenvalue weighted by molar-refractivity contribution is -0.140. The molecule has 1 N–H and O–H groups in total. The van der Waals surface area contributed by atoms with E-state index in [9.17, 15) is 18.0 Å². The first-order chi connectivity index (χ1) is 17.0. The van der Waals surface area contributed by atoms with Crippen LogP contribution in [0.2, 0.25) is 0 Å². The first-order valence-electron chi connectivity index (χ1n) is 12.3. The van der Waals surface area contributed by atoms with Gasteiger partial charge in [-0.25, -0.2) is 8.42 Å². The van der Waals surface area contributed by atoms with E-state index in [0.29, 0.717) is 24.4 Å². The molecule has 1 atom stereocenters. The van der Waals surface area contributed by atoms with Crippen molar-refractivity contribution in [2.24, 2.45) is 0 Å². The second-order valence-corrected chi connectivity index (χ2v) is 10.8. The van der Waals surface area contributed by atoms with E-state index in [4.69, 9.17) is 4.74 Å². The Morgan fingerprint density at radius 1 is 1.08 bits per heavy atom. The molecule has 0 heterocycles. The quantitative estimate of drug-likeness (QED) is 0.408. The molecule has 0 aromatic heterocycles. The molecule has 0 aliphatic rings. The molecule has 2 amide bonds. The van der Waals surface area contributed by atoms with Crippen LogP contribution in [-0.2, 0) is 26.2 Å². The molecule has 0 aliphatic heterocycles. The fourth-order valence-electron chi connectivity index (χ4n) is 3.99. The van der Waals surface area contributed by atoms with Crippen molar-refractivity contribution in [3.8, 4) is 5.75 Å². The molecule has 198 valence electrons. The van der Waals surface area contributed by atoms with E-state index in [0.717, 1.165) is 40.1 Å². The Balaban J connectivity index is 2.46. The number of rotatable bonds is 13. The number of aryl methyl sites for hydroxylation is 1. The van der Waals surface area contributed by atoms with Gasteiger partial charge in [0.15, 0.2) is 0 Å². The van der Waals surface area contributed by atoms with Gasteiger partial charge in [-0.2, -0.15) is 0 Å². The highest BCUT2D eigenvalue weighted by atomic mass is 32.2. The normalized spacial score (nSPS) is 12.1. The number of nitrogens with one attached hydrogen (secondary N) is 1. The van der Waals surface area contributed by atoms with Gasteiger partial charge in [0.25, 0.3) is 0 Å². The van der Waals surface area contributed by atoms with E-state index in [1.807, 2.05) is 45.9 Å². The number of amides is 2. The average molecular weight is 518 g/mol. The van der Waals surface area contributed by atoms with E-state index in [1.54, 1.807) is 31.4 Å². The number of sulfonamides is 1. The molecule has 0 bridgehead atoms. The van der Waals surface area contributed by atoms with E-state index < -0.39 is 28.5 Å². The van der Waals surface area contributed by atoms with Gasteiger partial charge >= 0.3 is 0 Å². The monoisotopic (exact) mass is 517 g/mol. The number of carbonyl (C=O) groups excluding carboxylic acids is 2. The Kier molecular flexibility index (Phi) is 10.8. The van der Waals surface area contributed by atoms with Crippen LogP contribution in [-0.4, -0.2) is 57.6 Å². The van der Waals surface area contributed by atoms with Gasteiger partial charge in [-0.05, 0) is 61.6 Å². The summed E-state index contributed by atoms with van der Waals surface area (Å²) >= 11 is 0. The molecule has 0 spiro atoms. The van der Waals surface area contributed by atoms with Crippen LogP contribution in [0.5, 0.6) is 5.75 Å². The number of benzene rings is 2. The fraction of sp³-hybridized carbons (Fsp3) is 0.481. The summed E-state index contributed by atoms with van der Waals surface area (Å²) in [5.74, 6) is -0.0741. The highest BCUT2D eigenvalue weighted by Crippen LogP contribution is 2.26. The molecule has 2 aromatic carbocycles. The van der Waals surface area contributed by atoms with Gasteiger partial charge in [0.2, 0.25) is 21.8 Å². The van der Waals surface area contributed by atoms with Crippen molar-refractivity contribution in [3.05, 3.63) is 59.2 Å². The second-order valence-electron chi connectivity index (χ2n) is 8.93. The summed E-state index contributed by atoms with van der Waals surface area (Å²) in [6, 6.07) is 11.9. The molecule has 0 saturated carbocycles. The lowest BCUT2D eigenvalue weighted by Gasteiger charge is -2.33. The summed E-state index contributed by atoms with van der Waals surface area (Å²) in [4.78, 5) is 28.3. The van der Waals surface area contributed by atoms with Crippen LogP contribution in [0.15, 0.2) is 42.5 Å². The van der Waals surface area contributed by atoms with Crippen molar-refractivity contribution in [3.63, 3.8) is 0 Å². The fourth-order valence-corrected chi connectivity index (χ4v) is 4.89. The number of unbranched alkanes of at least 4 members (excludes halogenated alkanes) is 1. The molecule has 8 nitrogen and oxygen atoms in total. The molecule has 0 saturated heterocycles. The first-order valence-corrected chi connectivity index (χ1v) is 14.1. The Morgan fingerprint density at radius 2 is 1.78 bits per heavy atom. The summed E-state index contributed by atoms with van der Waals surface area (Å²) in [6.07, 6.45) is 3.24. The summed E-state index contributed by atoms with van der Waals surface area (Å²) in [7, 11) is -2.21. The molecular formula is C27H39N3O5S. The molecule has 2 rings (SSSR count). The molecule has 1 unspecified atom stereocenters. The minimum absolute atomic E-state index is 0.139. The maximum Gasteiger partial charge on any atom is 0.244 e. The van der Waals surface area contributed by atoms with Gasteiger partial charge in [0.05, 0.1) is 19.1 Å². The van der Waals surface area contributed by atoms with Crippen LogP contribution in [0.1, 0.15) is 49.8 Å². The lowest BCUT2D eigenvalue weighted by Crippen LogP contribution is -2.52. The Bertz CT molecular complexity index is 1150. The molecular weight excluding hydrogens is 478 g/mol. The van der Waals surface area contributed by atoms with Crippen LogP contribution in [0, 0.1) is 13.8 Å². The Hall–Kier alpha value is -3.07. The van der Waals surface area contributed by atoms with Gasteiger partial charge in [-0.3, -0.25) is 13.9 Å². The van der Waals surface area contributed by atoms with Gasteiger partial charge < -0.3 is 15.0 Å². The van der Waals surface area contributed by atoms with Crippen molar-refractivity contribution in [1.82, 2.24) is 10.2 Å². The third-order valence-corrected chi connectivity index (χ3v) is 7.35. The predicted molar refractivity (Wildman–Crippen MR) is 144 cm³/mol. The van der Waals surface area contributed by atoms with E-state index in [2.05, 4.69) is 5.32 Å². The van der Waals surface area contributed by atoms with Crippen LogP contribution >= 0.6 is 0 Å². The Morgan fingerprint density at radius 3 is 2.39 bits per heavy atom. The molecule has 0 aliphatic carbocycles. The maximum absolute atomic E-state index is 13.8. The number of ether oxygens (including phenoxy) is 1. The van der Waals surface area contributed by atoms with Crippen molar-refractivity contribution in [2.45, 2.75) is 59.5 Å². The van der Waals surface area contributed by atoms with Gasteiger partial charge in [0.1, 0.15) is 18.3 Å². The van der Waals surface area contributed by atoms with E-state index in [1.165, 1.54) is 4.90 Å². The molecule has 9 heteroatoms. The zero-order valence-electron chi connectivity index (χ0n) is 22.2. The van der Waals surface area contributed by atoms with Crippen LogP contribution in [0.4, 0.5) is 5.69 Å². The van der Waals surface area contributed by atoms with Crippen LogP contribution in [0.25, 0.3) is 0 Å². The Labute approximate surface area is 215 Å². The summed E-state index contributed by atoms with van der Waals surface area (Å²) < 4.78 is 32.0. The third kappa shape index (κ3) is 7.71. The summed E-state index contributed by atoms with van der Waals surface area (Å²) in [6.45, 7) is 7.85. The van der Waals surface area contributed by atoms with Gasteiger partial charge in [-0.1, -0.05) is 44.5 Å². The van der Waals surface area contributed by atoms with Gasteiger partial charge in [0, 0.05) is 13.1 Å². The number of hydrogen-bond donors (Lipinski definition) is 1. The minimum Gasteiger partial charge on any atom is -0.497 e. The van der Waals surface area contributed by atoms with Crippen LogP contribution in [0.3, 0.4) is 0 Å². The van der Waals surface area contributed by atoms with E-state index in [-0.39, 0.29) is 12.5 Å². The molecule has 0 fully saturated rings. The average Bonchev–Trinajstić information content (AvgIpc) is 2.83. The molecule has 36 heavy (non-hydrogen) atoms. The number of anilines is 1. The van der Waals surface area contributed by atoms with Crippen molar-refractivity contribution < 1.29 is 22.7 Å². The topological polar surface area (TPSA) is 96.0 Å². The maximum atomic E-state index is 13.8. The smallest absolute Gasteiger partial charge is 0.244 e. The van der Waals surface area contributed by atoms with Crippen molar-refractivity contribution in [2.75, 3.05) is 30.8 Å². The molecule has 0 radical (unpaired) electrons. The van der Waals surface area contributed by atoms with Crippen LogP contribution < -0.4 is 14.4 Å². The number of nitrogens with zero attached hydrogens (tertiary/aromatic N) is 2. The highest BCUT2D eigenvalue weighted by molar-refractivity contribution is 7.92. The zero-order chi connectivity index (χ0) is 26.9. The third-order valence-electron chi connectivity index (χ3n) is 6.23. The summed E-state index contributed by atoms with van der Waals surface area (Å²) in [5, 5.41) is 2.92. The SMILES string of the molecule is CCCCNC(=O)C(CC)N(Cc1cccc(OC)c1)C(=O)CN(c1cccc(C)c1C)S(C)(=O)=O. The first kappa shape index (κ1) is 29.2. The number of hydrogen-bond acceptors (Lipinski definition) is 5. The molecule has 2 aromatic rings. The highest BCUT2D eigenvalue weighted by Gasteiger charge is 2.32. The largest absolute Gasteiger partial charge is 0.497 e. The predicted octanol–water partition coefficient (Wildman–Crippen LogP) is 3.80. The zero-order valence-corrected chi connectivity index (χ0v) is 23.0. The lowest BCUT2D eigenvalue weighted by atomic mass is 10.1. The summed E-state index contributed by atoms with van der Waals surface area (Å²) in [5.41, 5.74) is 2.93. The van der Waals surface area contributed by atoms with Gasteiger partial charge in [-0.15, -0.1) is 0 Å². The van der Waals surface area contributed by atoms with Crippen molar-refractivity contribution >= 4 is 27.5 Å². The number of methoxy groups -OCH3 is 1. The minimum atomic E-state index is -3.77. The van der Waals surface area contributed by atoms with E-state index >= 15 is 0 Å².